The first-order valence-corrected chi connectivity index (χ1v) is 7.45. The molecule has 1 saturated carbocycles. The van der Waals surface area contributed by atoms with Gasteiger partial charge in [-0.1, -0.05) is 0 Å². The molecule has 0 spiro atoms. The highest BCUT2D eigenvalue weighted by Gasteiger charge is 2.36. The normalized spacial score (nSPS) is 15.0. The van der Waals surface area contributed by atoms with E-state index in [4.69, 9.17) is 0 Å². The largest absolute Gasteiger partial charge is 0.433 e. The lowest BCUT2D eigenvalue weighted by molar-refractivity contribution is -0.141. The van der Waals surface area contributed by atoms with E-state index in [9.17, 15) is 13.2 Å². The average molecular weight is 325 g/mol. The first-order valence-electron chi connectivity index (χ1n) is 7.45. The van der Waals surface area contributed by atoms with Crippen LogP contribution in [0, 0.1) is 13.8 Å². The second kappa shape index (κ2) is 5.50. The lowest BCUT2D eigenvalue weighted by Crippen LogP contribution is -2.13. The third-order valence-corrected chi connectivity index (χ3v) is 4.11. The first-order chi connectivity index (χ1) is 10.8. The first kappa shape index (κ1) is 15.8. The molecular formula is C15H18F3N5. The highest BCUT2D eigenvalue weighted by molar-refractivity contribution is 5.35. The number of aryl methyl sites for hydroxylation is 2. The Hall–Kier alpha value is -2.12. The monoisotopic (exact) mass is 325 g/mol. The summed E-state index contributed by atoms with van der Waals surface area (Å²) in [5.41, 5.74) is 2.32. The van der Waals surface area contributed by atoms with E-state index in [2.05, 4.69) is 20.4 Å². The highest BCUT2D eigenvalue weighted by Crippen LogP contribution is 2.41. The zero-order chi connectivity index (χ0) is 16.8. The van der Waals surface area contributed by atoms with Crippen molar-refractivity contribution in [1.29, 1.82) is 0 Å². The van der Waals surface area contributed by atoms with Crippen molar-refractivity contribution in [3.05, 3.63) is 34.4 Å². The summed E-state index contributed by atoms with van der Waals surface area (Å²) in [7, 11) is 1.83. The molecule has 0 aliphatic heterocycles. The molecule has 2 heterocycles. The van der Waals surface area contributed by atoms with Gasteiger partial charge in [-0.05, 0) is 32.8 Å². The smallest absolute Gasteiger partial charge is 0.350 e. The minimum Gasteiger partial charge on any atom is -0.350 e. The number of aromatic nitrogens is 4. The molecular weight excluding hydrogens is 307 g/mol. The van der Waals surface area contributed by atoms with Gasteiger partial charge in [0, 0.05) is 36.5 Å². The fraction of sp³-hybridized carbons (Fsp3) is 0.533. The number of anilines is 1. The Morgan fingerprint density at radius 1 is 1.26 bits per heavy atom. The minimum absolute atomic E-state index is 0.0179. The molecule has 1 aliphatic carbocycles. The van der Waals surface area contributed by atoms with Crippen LogP contribution in [0.15, 0.2) is 6.07 Å². The van der Waals surface area contributed by atoms with Crippen LogP contribution in [0.25, 0.3) is 0 Å². The molecule has 23 heavy (non-hydrogen) atoms. The molecule has 1 aliphatic rings. The van der Waals surface area contributed by atoms with E-state index >= 15 is 0 Å². The third kappa shape index (κ3) is 3.30. The highest BCUT2D eigenvalue weighted by atomic mass is 19.4. The van der Waals surface area contributed by atoms with Crippen LogP contribution >= 0.6 is 0 Å². The average Bonchev–Trinajstić information content (AvgIpc) is 3.27. The molecule has 8 heteroatoms. The fourth-order valence-electron chi connectivity index (χ4n) is 2.52. The molecule has 0 amide bonds. The van der Waals surface area contributed by atoms with Gasteiger partial charge in [-0.15, -0.1) is 0 Å². The molecule has 0 unspecified atom stereocenters. The van der Waals surface area contributed by atoms with Gasteiger partial charge in [0.1, 0.15) is 5.69 Å². The number of nitrogens with zero attached hydrogens (tertiary/aromatic N) is 4. The van der Waals surface area contributed by atoms with Gasteiger partial charge in [0.15, 0.2) is 0 Å². The van der Waals surface area contributed by atoms with Crippen molar-refractivity contribution < 1.29 is 13.2 Å². The lowest BCUT2D eigenvalue weighted by Gasteiger charge is -2.11. The van der Waals surface area contributed by atoms with Crippen molar-refractivity contribution in [1.82, 2.24) is 19.7 Å². The molecule has 0 saturated heterocycles. The maximum atomic E-state index is 13.0. The van der Waals surface area contributed by atoms with Gasteiger partial charge in [0.25, 0.3) is 0 Å². The Balaban J connectivity index is 1.86. The predicted octanol–water partition coefficient (Wildman–Crippen LogP) is 3.34. The molecule has 0 aromatic carbocycles. The van der Waals surface area contributed by atoms with Crippen LogP contribution in [0.2, 0.25) is 0 Å². The zero-order valence-corrected chi connectivity index (χ0v) is 13.2. The topological polar surface area (TPSA) is 55.6 Å². The Kier molecular flexibility index (Phi) is 3.77. The van der Waals surface area contributed by atoms with Crippen LogP contribution in [0.5, 0.6) is 0 Å². The van der Waals surface area contributed by atoms with Crippen molar-refractivity contribution in [3.63, 3.8) is 0 Å². The zero-order valence-electron chi connectivity index (χ0n) is 13.2. The Bertz CT molecular complexity index is 731. The van der Waals surface area contributed by atoms with Crippen LogP contribution < -0.4 is 5.32 Å². The van der Waals surface area contributed by atoms with Crippen molar-refractivity contribution in [2.24, 2.45) is 7.05 Å². The maximum Gasteiger partial charge on any atom is 0.433 e. The van der Waals surface area contributed by atoms with Crippen molar-refractivity contribution in [2.75, 3.05) is 5.32 Å². The standard InChI is InChI=1S/C15H18F3N5/c1-8-11(9(2)23(3)22-8)7-19-14-20-12(10-4-5-10)6-13(21-14)15(16,17)18/h6,10H,4-5,7H2,1-3H3,(H,19,20,21). The molecule has 0 atom stereocenters. The van der Waals surface area contributed by atoms with Gasteiger partial charge in [-0.25, -0.2) is 9.97 Å². The lowest BCUT2D eigenvalue weighted by atomic mass is 10.2. The van der Waals surface area contributed by atoms with Gasteiger partial charge in [0.2, 0.25) is 5.95 Å². The number of halogens is 3. The van der Waals surface area contributed by atoms with Crippen LogP contribution in [0.1, 0.15) is 47.1 Å². The number of hydrogen-bond acceptors (Lipinski definition) is 4. The van der Waals surface area contributed by atoms with Gasteiger partial charge >= 0.3 is 6.18 Å². The summed E-state index contributed by atoms with van der Waals surface area (Å²) in [5, 5.41) is 7.21. The van der Waals surface area contributed by atoms with Crippen molar-refractivity contribution >= 4 is 5.95 Å². The summed E-state index contributed by atoms with van der Waals surface area (Å²) < 4.78 is 40.7. The van der Waals surface area contributed by atoms with Gasteiger partial charge in [-0.3, -0.25) is 4.68 Å². The maximum absolute atomic E-state index is 13.0. The molecule has 124 valence electrons. The second-order valence-corrected chi connectivity index (χ2v) is 5.90. The van der Waals surface area contributed by atoms with Crippen LogP contribution in [-0.2, 0) is 19.8 Å². The fourth-order valence-corrected chi connectivity index (χ4v) is 2.52. The summed E-state index contributed by atoms with van der Waals surface area (Å²) in [5.74, 6) is 0.144. The van der Waals surface area contributed by atoms with Crippen molar-refractivity contribution in [3.8, 4) is 0 Å². The molecule has 2 aromatic rings. The molecule has 1 N–H and O–H groups in total. The summed E-state index contributed by atoms with van der Waals surface area (Å²) in [6.45, 7) is 4.13. The van der Waals surface area contributed by atoms with Gasteiger partial charge in [0.05, 0.1) is 5.69 Å². The summed E-state index contributed by atoms with van der Waals surface area (Å²) in [6.07, 6.45) is -2.70. The number of hydrogen-bond donors (Lipinski definition) is 1. The Labute approximate surface area is 131 Å². The molecule has 5 nitrogen and oxygen atoms in total. The quantitative estimate of drug-likeness (QED) is 0.937. The van der Waals surface area contributed by atoms with Crippen LogP contribution in [0.4, 0.5) is 19.1 Å². The van der Waals surface area contributed by atoms with E-state index in [1.54, 1.807) is 4.68 Å². The molecule has 3 rings (SSSR count). The van der Waals surface area contributed by atoms with E-state index < -0.39 is 11.9 Å². The number of alkyl halides is 3. The van der Waals surface area contributed by atoms with E-state index in [0.29, 0.717) is 12.2 Å². The van der Waals surface area contributed by atoms with Gasteiger partial charge < -0.3 is 5.32 Å². The SMILES string of the molecule is Cc1nn(C)c(C)c1CNc1nc(C2CC2)cc(C(F)(F)F)n1. The number of rotatable bonds is 4. The molecule has 2 aromatic heterocycles. The predicted molar refractivity (Wildman–Crippen MR) is 79.0 cm³/mol. The minimum atomic E-state index is -4.47. The Morgan fingerprint density at radius 3 is 2.48 bits per heavy atom. The second-order valence-electron chi connectivity index (χ2n) is 5.90. The van der Waals surface area contributed by atoms with Crippen LogP contribution in [-0.4, -0.2) is 19.7 Å². The van der Waals surface area contributed by atoms with E-state index in [1.165, 1.54) is 0 Å². The van der Waals surface area contributed by atoms with Gasteiger partial charge in [-0.2, -0.15) is 18.3 Å². The van der Waals surface area contributed by atoms with Crippen LogP contribution in [0.3, 0.4) is 0 Å². The molecule has 0 radical (unpaired) electrons. The summed E-state index contributed by atoms with van der Waals surface area (Å²) in [6, 6.07) is 1.06. The van der Waals surface area contributed by atoms with Crippen molar-refractivity contribution in [2.45, 2.75) is 45.3 Å². The van der Waals surface area contributed by atoms with E-state index in [-0.39, 0.29) is 11.9 Å². The Morgan fingerprint density at radius 2 is 1.96 bits per heavy atom. The summed E-state index contributed by atoms with van der Waals surface area (Å²) in [4.78, 5) is 7.86. The summed E-state index contributed by atoms with van der Waals surface area (Å²) >= 11 is 0. The van der Waals surface area contributed by atoms with E-state index in [1.807, 2.05) is 20.9 Å². The number of nitrogens with one attached hydrogen (secondary N) is 1. The molecule has 1 fully saturated rings. The third-order valence-electron chi connectivity index (χ3n) is 4.11. The van der Waals surface area contributed by atoms with E-state index in [0.717, 1.165) is 35.9 Å². The molecule has 0 bridgehead atoms.